The Hall–Kier alpha value is -3.67. The van der Waals surface area contributed by atoms with Crippen molar-refractivity contribution >= 4 is 0 Å². The minimum Gasteiger partial charge on any atom is -0.423 e. The smallest absolute Gasteiger partial charge is 0.341 e. The number of aromatic nitrogens is 7. The molecule has 4 atom stereocenters. The summed E-state index contributed by atoms with van der Waals surface area (Å²) in [7, 11) is 0. The monoisotopic (exact) mass is 446 g/mol. The SMILES string of the molecule is c1ccc(CN[C@H]2CO[C@H]3[C@@H]2OC[C@@H]3n2nnnc2Oc2ccc(-n3cncn3)cc2)cc1. The molecule has 0 spiro atoms. The first-order chi connectivity index (χ1) is 16.3. The van der Waals surface area contributed by atoms with Crippen molar-refractivity contribution in [3.8, 4) is 17.4 Å². The van der Waals surface area contributed by atoms with Gasteiger partial charge in [-0.25, -0.2) is 9.67 Å². The summed E-state index contributed by atoms with van der Waals surface area (Å²) in [4.78, 5) is 3.96. The summed E-state index contributed by atoms with van der Waals surface area (Å²) >= 11 is 0. The van der Waals surface area contributed by atoms with Crippen LogP contribution in [0.2, 0.25) is 0 Å². The van der Waals surface area contributed by atoms with Crippen molar-refractivity contribution in [2.45, 2.75) is 30.8 Å². The van der Waals surface area contributed by atoms with Crippen molar-refractivity contribution in [2.24, 2.45) is 0 Å². The van der Waals surface area contributed by atoms with Crippen molar-refractivity contribution in [3.05, 3.63) is 72.8 Å². The zero-order valence-electron chi connectivity index (χ0n) is 17.6. The van der Waals surface area contributed by atoms with Crippen LogP contribution in [-0.4, -0.2) is 66.4 Å². The zero-order valence-corrected chi connectivity index (χ0v) is 17.6. The molecule has 4 aromatic rings. The van der Waals surface area contributed by atoms with Crippen LogP contribution in [0.25, 0.3) is 5.69 Å². The Kier molecular flexibility index (Phi) is 5.26. The van der Waals surface area contributed by atoms with E-state index < -0.39 is 0 Å². The predicted octanol–water partition coefficient (Wildman–Crippen LogP) is 1.54. The molecule has 1 N–H and O–H groups in total. The van der Waals surface area contributed by atoms with Crippen LogP contribution in [0, 0.1) is 0 Å². The lowest BCUT2D eigenvalue weighted by Crippen LogP contribution is -2.40. The van der Waals surface area contributed by atoms with Gasteiger partial charge in [0.25, 0.3) is 0 Å². The van der Waals surface area contributed by atoms with Gasteiger partial charge < -0.3 is 19.5 Å². The molecular formula is C22H22N8O3. The molecular weight excluding hydrogens is 424 g/mol. The van der Waals surface area contributed by atoms with E-state index in [0.717, 1.165) is 12.2 Å². The topological polar surface area (TPSA) is 114 Å². The van der Waals surface area contributed by atoms with Crippen LogP contribution in [0.1, 0.15) is 11.6 Å². The number of ether oxygens (including phenoxy) is 3. The molecule has 2 aliphatic rings. The van der Waals surface area contributed by atoms with Gasteiger partial charge in [-0.1, -0.05) is 35.4 Å². The number of hydrogen-bond donors (Lipinski definition) is 1. The molecule has 0 bridgehead atoms. The maximum atomic E-state index is 6.10. The van der Waals surface area contributed by atoms with Gasteiger partial charge in [-0.2, -0.15) is 9.78 Å². The van der Waals surface area contributed by atoms with Crippen LogP contribution < -0.4 is 10.1 Å². The van der Waals surface area contributed by atoms with Gasteiger partial charge in [0, 0.05) is 6.54 Å². The number of rotatable bonds is 7. The average molecular weight is 446 g/mol. The molecule has 0 amide bonds. The van der Waals surface area contributed by atoms with Gasteiger partial charge in [0.2, 0.25) is 0 Å². The summed E-state index contributed by atoms with van der Waals surface area (Å²) in [6, 6.07) is 17.9. The lowest BCUT2D eigenvalue weighted by Gasteiger charge is -2.18. The third kappa shape index (κ3) is 3.97. The van der Waals surface area contributed by atoms with Crippen LogP contribution in [0.5, 0.6) is 11.8 Å². The van der Waals surface area contributed by atoms with Gasteiger partial charge in [-0.15, -0.1) is 0 Å². The Morgan fingerprint density at radius 1 is 1.00 bits per heavy atom. The molecule has 33 heavy (non-hydrogen) atoms. The Labute approximate surface area is 189 Å². The molecule has 4 heterocycles. The highest BCUT2D eigenvalue weighted by molar-refractivity contribution is 5.37. The van der Waals surface area contributed by atoms with Crippen LogP contribution in [0.4, 0.5) is 0 Å². The molecule has 0 saturated carbocycles. The van der Waals surface area contributed by atoms with Crippen molar-refractivity contribution in [3.63, 3.8) is 0 Å². The molecule has 6 rings (SSSR count). The quantitative estimate of drug-likeness (QED) is 0.451. The number of nitrogens with zero attached hydrogens (tertiary/aromatic N) is 7. The average Bonchev–Trinajstić information content (AvgIpc) is 3.64. The van der Waals surface area contributed by atoms with E-state index in [4.69, 9.17) is 14.2 Å². The highest BCUT2D eigenvalue weighted by Gasteiger charge is 2.49. The summed E-state index contributed by atoms with van der Waals surface area (Å²) in [5.74, 6) is 0.611. The van der Waals surface area contributed by atoms with Crippen molar-refractivity contribution in [1.82, 2.24) is 40.3 Å². The Morgan fingerprint density at radius 3 is 2.67 bits per heavy atom. The zero-order chi connectivity index (χ0) is 22.0. The van der Waals surface area contributed by atoms with E-state index in [2.05, 4.69) is 43.1 Å². The van der Waals surface area contributed by atoms with E-state index in [1.165, 1.54) is 11.9 Å². The van der Waals surface area contributed by atoms with Gasteiger partial charge in [0.05, 0.1) is 24.9 Å². The second-order valence-electron chi connectivity index (χ2n) is 7.98. The van der Waals surface area contributed by atoms with Gasteiger partial charge in [-0.3, -0.25) is 0 Å². The van der Waals surface area contributed by atoms with Crippen LogP contribution in [0.15, 0.2) is 67.3 Å². The van der Waals surface area contributed by atoms with E-state index in [1.807, 2.05) is 42.5 Å². The molecule has 2 aromatic heterocycles. The minimum absolute atomic E-state index is 0.0716. The summed E-state index contributed by atoms with van der Waals surface area (Å²) < 4.78 is 21.5. The normalized spacial score (nSPS) is 24.1. The largest absolute Gasteiger partial charge is 0.423 e. The first kappa shape index (κ1) is 20.0. The third-order valence-corrected chi connectivity index (χ3v) is 5.94. The number of fused-ring (bicyclic) bond motifs is 1. The molecule has 2 fully saturated rings. The number of hydrogen-bond acceptors (Lipinski definition) is 9. The van der Waals surface area contributed by atoms with Gasteiger partial charge in [0.1, 0.15) is 36.7 Å². The highest BCUT2D eigenvalue weighted by atomic mass is 16.6. The van der Waals surface area contributed by atoms with E-state index in [-0.39, 0.29) is 24.3 Å². The number of benzene rings is 2. The Morgan fingerprint density at radius 2 is 1.85 bits per heavy atom. The van der Waals surface area contributed by atoms with Gasteiger partial charge in [0.15, 0.2) is 0 Å². The number of tetrazole rings is 1. The van der Waals surface area contributed by atoms with E-state index in [9.17, 15) is 0 Å². The molecule has 11 nitrogen and oxygen atoms in total. The number of nitrogens with one attached hydrogen (secondary N) is 1. The molecule has 0 radical (unpaired) electrons. The van der Waals surface area contributed by atoms with E-state index in [0.29, 0.717) is 25.0 Å². The fourth-order valence-electron chi connectivity index (χ4n) is 4.28. The Balaban J connectivity index is 1.12. The van der Waals surface area contributed by atoms with Crippen molar-refractivity contribution in [2.75, 3.05) is 13.2 Å². The first-order valence-corrected chi connectivity index (χ1v) is 10.8. The summed E-state index contributed by atoms with van der Waals surface area (Å²) in [6.45, 7) is 1.78. The predicted molar refractivity (Wildman–Crippen MR) is 115 cm³/mol. The van der Waals surface area contributed by atoms with Gasteiger partial charge in [-0.05, 0) is 40.3 Å². The van der Waals surface area contributed by atoms with E-state index in [1.54, 1.807) is 15.7 Å². The lowest BCUT2D eigenvalue weighted by molar-refractivity contribution is 0.0611. The molecule has 168 valence electrons. The van der Waals surface area contributed by atoms with Crippen molar-refractivity contribution < 1.29 is 14.2 Å². The lowest BCUT2D eigenvalue weighted by atomic mass is 10.1. The molecule has 0 aliphatic carbocycles. The standard InChI is InChI=1S/C22H22N8O3/c1-2-4-15(5-3-1)10-24-18-11-31-21-19(12-32-20(18)21)30-22(26-27-28-30)33-17-8-6-16(7-9-17)29-14-23-13-25-29/h1-9,13-14,18-21,24H,10-12H2/t18-,19-,20+,21+/m0/s1. The third-order valence-electron chi connectivity index (χ3n) is 5.94. The molecule has 11 heteroatoms. The molecule has 0 unspecified atom stereocenters. The second kappa shape index (κ2) is 8.70. The first-order valence-electron chi connectivity index (χ1n) is 10.8. The maximum Gasteiger partial charge on any atom is 0.341 e. The maximum absolute atomic E-state index is 6.10. The molecule has 2 saturated heterocycles. The minimum atomic E-state index is -0.169. The van der Waals surface area contributed by atoms with Crippen LogP contribution in [-0.2, 0) is 16.0 Å². The molecule has 2 aliphatic heterocycles. The highest BCUT2D eigenvalue weighted by Crippen LogP contribution is 2.36. The summed E-state index contributed by atoms with van der Waals surface area (Å²) in [5, 5.41) is 19.7. The van der Waals surface area contributed by atoms with Crippen LogP contribution >= 0.6 is 0 Å². The molecule has 2 aromatic carbocycles. The second-order valence-corrected chi connectivity index (χ2v) is 7.98. The summed E-state index contributed by atoms with van der Waals surface area (Å²) in [6.07, 6.45) is 2.90. The fourth-order valence-corrected chi connectivity index (χ4v) is 4.28. The van der Waals surface area contributed by atoms with Crippen molar-refractivity contribution in [1.29, 1.82) is 0 Å². The summed E-state index contributed by atoms with van der Waals surface area (Å²) in [5.41, 5.74) is 2.10. The van der Waals surface area contributed by atoms with Crippen LogP contribution in [0.3, 0.4) is 0 Å². The Bertz CT molecular complexity index is 1180. The van der Waals surface area contributed by atoms with E-state index >= 15 is 0 Å². The fraction of sp³-hybridized carbons (Fsp3) is 0.318. The van der Waals surface area contributed by atoms with Gasteiger partial charge >= 0.3 is 6.01 Å².